The van der Waals surface area contributed by atoms with E-state index in [4.69, 9.17) is 25.1 Å². The topological polar surface area (TPSA) is 125 Å². The molecule has 0 amide bonds. The number of hydrogen-bond donors (Lipinski definition) is 2. The van der Waals surface area contributed by atoms with E-state index >= 15 is 0 Å². The van der Waals surface area contributed by atoms with Gasteiger partial charge in [-0.05, 0) is 13.8 Å². The van der Waals surface area contributed by atoms with Crippen LogP contribution < -0.4 is 5.73 Å². The van der Waals surface area contributed by atoms with E-state index in [1.54, 1.807) is 0 Å². The summed E-state index contributed by atoms with van der Waals surface area (Å²) in [7, 11) is 0. The van der Waals surface area contributed by atoms with Crippen molar-refractivity contribution in [2.24, 2.45) is 11.1 Å². The average Bonchev–Trinajstić information content (AvgIpc) is 2.53. The second kappa shape index (κ2) is 12.0. The second-order valence-electron chi connectivity index (χ2n) is 5.25. The van der Waals surface area contributed by atoms with Crippen molar-refractivity contribution in [3.63, 3.8) is 0 Å². The molecule has 0 aliphatic carbocycles. The molecule has 0 radical (unpaired) electrons. The molecule has 0 fully saturated rings. The molecule has 0 bridgehead atoms. The van der Waals surface area contributed by atoms with Crippen molar-refractivity contribution >= 4 is 17.7 Å². The molecule has 0 aromatic carbocycles. The first-order valence-electron chi connectivity index (χ1n) is 7.63. The highest BCUT2D eigenvalue weighted by Crippen LogP contribution is 2.25. The van der Waals surface area contributed by atoms with Crippen LogP contribution in [-0.2, 0) is 28.6 Å². The molecule has 23 heavy (non-hydrogen) atoms. The van der Waals surface area contributed by atoms with Crippen molar-refractivity contribution in [1.29, 1.82) is 0 Å². The molecule has 0 atom stereocenters. The van der Waals surface area contributed by atoms with Crippen LogP contribution in [0, 0.1) is 5.41 Å². The Morgan fingerprint density at radius 3 is 2.00 bits per heavy atom. The summed E-state index contributed by atoms with van der Waals surface area (Å²) in [5.74, 6) is -1.90. The molecule has 0 heterocycles. The molecule has 3 N–H and O–H groups in total. The summed E-state index contributed by atoms with van der Waals surface area (Å²) < 4.78 is 16.0. The van der Waals surface area contributed by atoms with Crippen LogP contribution in [0.4, 0.5) is 0 Å². The van der Waals surface area contributed by atoms with Crippen LogP contribution in [0.15, 0.2) is 0 Å². The molecule has 0 rings (SSSR count). The van der Waals surface area contributed by atoms with Crippen molar-refractivity contribution in [2.45, 2.75) is 33.1 Å². The van der Waals surface area contributed by atoms with Gasteiger partial charge in [0, 0.05) is 19.6 Å². The lowest BCUT2D eigenvalue weighted by Gasteiger charge is -2.32. The maximum atomic E-state index is 11.8. The van der Waals surface area contributed by atoms with Gasteiger partial charge in [-0.3, -0.25) is 14.4 Å². The Labute approximate surface area is 136 Å². The van der Waals surface area contributed by atoms with Gasteiger partial charge in [0.2, 0.25) is 0 Å². The Kier molecular flexibility index (Phi) is 11.2. The van der Waals surface area contributed by atoms with E-state index < -0.39 is 17.4 Å². The minimum atomic E-state index is -1.07. The van der Waals surface area contributed by atoms with Gasteiger partial charge in [-0.15, -0.1) is 0 Å². The zero-order valence-electron chi connectivity index (χ0n) is 13.8. The molecule has 0 saturated heterocycles. The highest BCUT2D eigenvalue weighted by molar-refractivity contribution is 5.81. The smallest absolute Gasteiger partial charge is 0.306 e. The van der Waals surface area contributed by atoms with Crippen LogP contribution in [0.2, 0.25) is 0 Å². The lowest BCUT2D eigenvalue weighted by molar-refractivity contribution is -0.155. The van der Waals surface area contributed by atoms with Crippen LogP contribution in [-0.4, -0.2) is 62.4 Å². The number of carboxylic acids is 1. The quantitative estimate of drug-likeness (QED) is 0.437. The molecule has 8 heteroatoms. The first-order valence-corrected chi connectivity index (χ1v) is 7.63. The summed E-state index contributed by atoms with van der Waals surface area (Å²) in [5.41, 5.74) is 4.55. The van der Waals surface area contributed by atoms with Gasteiger partial charge in [0.15, 0.2) is 0 Å². The van der Waals surface area contributed by atoms with Crippen molar-refractivity contribution in [2.75, 3.05) is 39.6 Å². The zero-order chi connectivity index (χ0) is 17.7. The van der Waals surface area contributed by atoms with E-state index in [2.05, 4.69) is 0 Å². The monoisotopic (exact) mass is 333 g/mol. The van der Waals surface area contributed by atoms with Crippen molar-refractivity contribution in [3.05, 3.63) is 0 Å². The Morgan fingerprint density at radius 1 is 1.00 bits per heavy atom. The molecule has 0 unspecified atom stereocenters. The van der Waals surface area contributed by atoms with Gasteiger partial charge in [0.05, 0.1) is 38.0 Å². The highest BCUT2D eigenvalue weighted by atomic mass is 16.5. The Hall–Kier alpha value is -1.51. The fraction of sp³-hybridized carbons (Fsp3) is 0.800. The van der Waals surface area contributed by atoms with Gasteiger partial charge < -0.3 is 25.1 Å². The lowest BCUT2D eigenvalue weighted by Crippen LogP contribution is -2.41. The molecule has 134 valence electrons. The minimum absolute atomic E-state index is 0.0652. The largest absolute Gasteiger partial charge is 0.481 e. The number of carbonyl (C=O) groups excluding carboxylic acids is 2. The maximum Gasteiger partial charge on any atom is 0.306 e. The number of ketones is 1. The zero-order valence-corrected chi connectivity index (χ0v) is 13.8. The Morgan fingerprint density at radius 2 is 1.57 bits per heavy atom. The van der Waals surface area contributed by atoms with Crippen LogP contribution in [0.5, 0.6) is 0 Å². The Balaban J connectivity index is 4.84. The van der Waals surface area contributed by atoms with E-state index in [1.165, 1.54) is 0 Å². The minimum Gasteiger partial charge on any atom is -0.481 e. The summed E-state index contributed by atoms with van der Waals surface area (Å²) in [5, 5.41) is 8.57. The molecule has 0 aliphatic heterocycles. The number of carbonyl (C=O) groups is 3. The van der Waals surface area contributed by atoms with Crippen molar-refractivity contribution < 1.29 is 33.7 Å². The van der Waals surface area contributed by atoms with Crippen molar-refractivity contribution in [1.82, 2.24) is 0 Å². The van der Waals surface area contributed by atoms with E-state index in [9.17, 15) is 14.4 Å². The predicted octanol–water partition coefficient (Wildman–Crippen LogP) is 0.372. The SMILES string of the molecule is CCOCC(COCC)(COC(=O)CCC(=O)O)CC(=O)CN. The summed E-state index contributed by atoms with van der Waals surface area (Å²) in [6.07, 6.45) is -0.459. The molecule has 0 aromatic rings. The Bertz CT molecular complexity index is 376. The fourth-order valence-electron chi connectivity index (χ4n) is 1.92. The third-order valence-corrected chi connectivity index (χ3v) is 3.11. The predicted molar refractivity (Wildman–Crippen MR) is 81.9 cm³/mol. The molecule has 8 nitrogen and oxygen atoms in total. The molecule has 0 spiro atoms. The fourth-order valence-corrected chi connectivity index (χ4v) is 1.92. The first kappa shape index (κ1) is 21.5. The highest BCUT2D eigenvalue weighted by Gasteiger charge is 2.35. The average molecular weight is 333 g/mol. The van der Waals surface area contributed by atoms with Crippen LogP contribution >= 0.6 is 0 Å². The van der Waals surface area contributed by atoms with Gasteiger partial charge in [0.25, 0.3) is 0 Å². The maximum absolute atomic E-state index is 11.8. The second-order valence-corrected chi connectivity index (χ2v) is 5.25. The van der Waals surface area contributed by atoms with Crippen molar-refractivity contribution in [3.8, 4) is 0 Å². The molecule has 0 aromatic heterocycles. The van der Waals surface area contributed by atoms with E-state index in [1.807, 2.05) is 13.8 Å². The molecule has 0 saturated carbocycles. The number of Topliss-reactive ketones (excluding diaryl/α,β-unsaturated/α-hetero) is 1. The summed E-state index contributed by atoms with van der Waals surface area (Å²) >= 11 is 0. The summed E-state index contributed by atoms with van der Waals surface area (Å²) in [6.45, 7) is 4.67. The summed E-state index contributed by atoms with van der Waals surface area (Å²) in [4.78, 5) is 33.8. The van der Waals surface area contributed by atoms with Crippen LogP contribution in [0.3, 0.4) is 0 Å². The van der Waals surface area contributed by atoms with Gasteiger partial charge >= 0.3 is 11.9 Å². The van der Waals surface area contributed by atoms with Crippen LogP contribution in [0.1, 0.15) is 33.1 Å². The van der Waals surface area contributed by atoms with Gasteiger partial charge in [-0.25, -0.2) is 0 Å². The third kappa shape index (κ3) is 9.98. The van der Waals surface area contributed by atoms with Crippen LogP contribution in [0.25, 0.3) is 0 Å². The number of rotatable bonds is 14. The standard InChI is InChI=1S/C15H27NO7/c1-3-21-9-15(10-22-4-2,7-12(17)8-16)11-23-14(20)6-5-13(18)19/h3-11,16H2,1-2H3,(H,18,19). The first-order chi connectivity index (χ1) is 10.9. The molecular weight excluding hydrogens is 306 g/mol. The van der Waals surface area contributed by atoms with Gasteiger partial charge in [-0.2, -0.15) is 0 Å². The van der Waals surface area contributed by atoms with E-state index in [0.717, 1.165) is 0 Å². The third-order valence-electron chi connectivity index (χ3n) is 3.11. The number of aliphatic carboxylic acids is 1. The number of ether oxygens (including phenoxy) is 3. The number of nitrogens with two attached hydrogens (primary N) is 1. The van der Waals surface area contributed by atoms with Gasteiger partial charge in [-0.1, -0.05) is 0 Å². The normalized spacial score (nSPS) is 11.3. The number of esters is 1. The van der Waals surface area contributed by atoms with E-state index in [0.29, 0.717) is 13.2 Å². The molecular formula is C15H27NO7. The van der Waals surface area contributed by atoms with E-state index in [-0.39, 0.29) is 51.4 Å². The lowest BCUT2D eigenvalue weighted by atomic mass is 9.85. The number of hydrogen-bond acceptors (Lipinski definition) is 7. The van der Waals surface area contributed by atoms with Gasteiger partial charge in [0.1, 0.15) is 12.4 Å². The number of carboxylic acid groups (broad SMARTS) is 1. The summed E-state index contributed by atoms with van der Waals surface area (Å²) in [6, 6.07) is 0. The molecule has 0 aliphatic rings.